The van der Waals surface area contributed by atoms with Crippen molar-refractivity contribution in [3.63, 3.8) is 0 Å². The van der Waals surface area contributed by atoms with Crippen molar-refractivity contribution in [2.45, 2.75) is 13.3 Å². The zero-order valence-corrected chi connectivity index (χ0v) is 9.54. The summed E-state index contributed by atoms with van der Waals surface area (Å²) in [7, 11) is 0. The van der Waals surface area contributed by atoms with Gasteiger partial charge in [0.2, 0.25) is 0 Å². The highest BCUT2D eigenvalue weighted by Gasteiger charge is 2.09. The van der Waals surface area contributed by atoms with Crippen LogP contribution in [0.2, 0.25) is 0 Å². The number of thioether (sulfide) groups is 1. The molecular formula is C11H15NO2S. The van der Waals surface area contributed by atoms with E-state index in [2.05, 4.69) is 4.98 Å². The standard InChI is InChI=1S/C11H15NO2S/c1-9(11(13)14)8-15-6-4-10-3-2-5-12-7-10/h2-3,5,7,9H,4,6,8H2,1H3,(H,13,14). The van der Waals surface area contributed by atoms with Crippen molar-refractivity contribution in [2.75, 3.05) is 11.5 Å². The largest absolute Gasteiger partial charge is 0.481 e. The van der Waals surface area contributed by atoms with E-state index in [0.717, 1.165) is 12.2 Å². The van der Waals surface area contributed by atoms with Gasteiger partial charge >= 0.3 is 5.97 Å². The Labute approximate surface area is 93.9 Å². The highest BCUT2D eigenvalue weighted by Crippen LogP contribution is 2.10. The van der Waals surface area contributed by atoms with Crippen molar-refractivity contribution in [3.05, 3.63) is 30.1 Å². The summed E-state index contributed by atoms with van der Waals surface area (Å²) >= 11 is 1.68. The molecule has 0 saturated carbocycles. The first-order chi connectivity index (χ1) is 7.20. The summed E-state index contributed by atoms with van der Waals surface area (Å²) in [5.74, 6) is 0.645. The fraction of sp³-hybridized carbons (Fsp3) is 0.455. The van der Waals surface area contributed by atoms with Crippen LogP contribution in [-0.4, -0.2) is 27.6 Å². The molecule has 0 aromatic carbocycles. The molecule has 0 spiro atoms. The maximum Gasteiger partial charge on any atom is 0.307 e. The van der Waals surface area contributed by atoms with Gasteiger partial charge in [0.1, 0.15) is 0 Å². The number of aromatic nitrogens is 1. The van der Waals surface area contributed by atoms with E-state index in [0.29, 0.717) is 5.75 Å². The molecule has 3 nitrogen and oxygen atoms in total. The first kappa shape index (κ1) is 12.0. The van der Waals surface area contributed by atoms with Crippen molar-refractivity contribution in [1.82, 2.24) is 4.98 Å². The smallest absolute Gasteiger partial charge is 0.307 e. The van der Waals surface area contributed by atoms with Crippen LogP contribution in [0.1, 0.15) is 12.5 Å². The number of carboxylic acids is 1. The van der Waals surface area contributed by atoms with Crippen molar-refractivity contribution < 1.29 is 9.90 Å². The van der Waals surface area contributed by atoms with E-state index in [4.69, 9.17) is 5.11 Å². The van der Waals surface area contributed by atoms with Gasteiger partial charge in [-0.25, -0.2) is 0 Å². The number of carboxylic acid groups (broad SMARTS) is 1. The summed E-state index contributed by atoms with van der Waals surface area (Å²) in [6.07, 6.45) is 4.55. The highest BCUT2D eigenvalue weighted by atomic mass is 32.2. The zero-order valence-electron chi connectivity index (χ0n) is 8.72. The molecule has 1 heterocycles. The van der Waals surface area contributed by atoms with Crippen molar-refractivity contribution in [3.8, 4) is 0 Å². The summed E-state index contributed by atoms with van der Waals surface area (Å²) < 4.78 is 0. The van der Waals surface area contributed by atoms with E-state index >= 15 is 0 Å². The number of hydrogen-bond donors (Lipinski definition) is 1. The normalized spacial score (nSPS) is 12.3. The van der Waals surface area contributed by atoms with Gasteiger partial charge in [-0.2, -0.15) is 11.8 Å². The van der Waals surface area contributed by atoms with Crippen LogP contribution < -0.4 is 0 Å². The minimum absolute atomic E-state index is 0.260. The van der Waals surface area contributed by atoms with Gasteiger partial charge < -0.3 is 5.11 Å². The fourth-order valence-electron chi connectivity index (χ4n) is 1.07. The molecule has 0 aliphatic carbocycles. The second-order valence-electron chi connectivity index (χ2n) is 3.43. The molecule has 0 bridgehead atoms. The molecule has 0 aliphatic heterocycles. The van der Waals surface area contributed by atoms with E-state index in [1.165, 1.54) is 5.56 Å². The molecule has 0 amide bonds. The van der Waals surface area contributed by atoms with Crippen molar-refractivity contribution in [1.29, 1.82) is 0 Å². The molecule has 1 aromatic heterocycles. The van der Waals surface area contributed by atoms with Crippen LogP contribution in [0, 0.1) is 5.92 Å². The molecule has 0 radical (unpaired) electrons. The Morgan fingerprint density at radius 3 is 3.07 bits per heavy atom. The maximum atomic E-state index is 10.5. The van der Waals surface area contributed by atoms with Gasteiger partial charge in [-0.1, -0.05) is 13.0 Å². The first-order valence-electron chi connectivity index (χ1n) is 4.89. The van der Waals surface area contributed by atoms with Crippen LogP contribution in [0.5, 0.6) is 0 Å². The molecule has 1 atom stereocenters. The monoisotopic (exact) mass is 225 g/mol. The average molecular weight is 225 g/mol. The third-order valence-electron chi connectivity index (χ3n) is 2.05. The van der Waals surface area contributed by atoms with E-state index in [1.807, 2.05) is 18.3 Å². The fourth-order valence-corrected chi connectivity index (χ4v) is 2.11. The van der Waals surface area contributed by atoms with Gasteiger partial charge in [-0.15, -0.1) is 0 Å². The summed E-state index contributed by atoms with van der Waals surface area (Å²) in [4.78, 5) is 14.6. The number of carbonyl (C=O) groups is 1. The molecular weight excluding hydrogens is 210 g/mol. The summed E-state index contributed by atoms with van der Waals surface area (Å²) in [6.45, 7) is 1.74. The molecule has 0 aliphatic rings. The van der Waals surface area contributed by atoms with Crippen LogP contribution in [0.4, 0.5) is 0 Å². The van der Waals surface area contributed by atoms with Gasteiger partial charge in [0, 0.05) is 18.1 Å². The Morgan fingerprint density at radius 1 is 1.67 bits per heavy atom. The third-order valence-corrected chi connectivity index (χ3v) is 3.28. The minimum Gasteiger partial charge on any atom is -0.481 e. The number of pyridine rings is 1. The van der Waals surface area contributed by atoms with Crippen LogP contribution >= 0.6 is 11.8 Å². The SMILES string of the molecule is CC(CSCCc1cccnc1)C(=O)O. The summed E-state index contributed by atoms with van der Waals surface area (Å²) in [5.41, 5.74) is 1.20. The number of rotatable bonds is 6. The second-order valence-corrected chi connectivity index (χ2v) is 4.58. The molecule has 15 heavy (non-hydrogen) atoms. The predicted octanol–water partition coefficient (Wildman–Crippen LogP) is 2.08. The molecule has 1 aromatic rings. The van der Waals surface area contributed by atoms with Gasteiger partial charge in [-0.05, 0) is 23.8 Å². The van der Waals surface area contributed by atoms with E-state index < -0.39 is 5.97 Å². The lowest BCUT2D eigenvalue weighted by Gasteiger charge is -2.05. The molecule has 4 heteroatoms. The molecule has 0 saturated heterocycles. The number of aryl methyl sites for hydroxylation is 1. The molecule has 1 N–H and O–H groups in total. The minimum atomic E-state index is -0.719. The summed E-state index contributed by atoms with van der Waals surface area (Å²) in [5, 5.41) is 8.68. The van der Waals surface area contributed by atoms with Gasteiger partial charge in [0.05, 0.1) is 5.92 Å². The Morgan fingerprint density at radius 2 is 2.47 bits per heavy atom. The lowest BCUT2D eigenvalue weighted by molar-refractivity contribution is -0.140. The average Bonchev–Trinajstić information content (AvgIpc) is 2.25. The van der Waals surface area contributed by atoms with Crippen LogP contribution in [0.15, 0.2) is 24.5 Å². The molecule has 0 fully saturated rings. The Bertz CT molecular complexity index is 303. The lowest BCUT2D eigenvalue weighted by Crippen LogP contribution is -2.12. The van der Waals surface area contributed by atoms with Gasteiger partial charge in [0.15, 0.2) is 0 Å². The molecule has 1 rings (SSSR count). The molecule has 1 unspecified atom stereocenters. The number of nitrogens with zero attached hydrogens (tertiary/aromatic N) is 1. The van der Waals surface area contributed by atoms with E-state index in [1.54, 1.807) is 24.9 Å². The predicted molar refractivity (Wildman–Crippen MR) is 62.1 cm³/mol. The lowest BCUT2D eigenvalue weighted by atomic mass is 10.2. The highest BCUT2D eigenvalue weighted by molar-refractivity contribution is 7.99. The topological polar surface area (TPSA) is 50.2 Å². The van der Waals surface area contributed by atoms with Crippen molar-refractivity contribution >= 4 is 17.7 Å². The Hall–Kier alpha value is -1.03. The van der Waals surface area contributed by atoms with Crippen LogP contribution in [0.25, 0.3) is 0 Å². The first-order valence-corrected chi connectivity index (χ1v) is 6.05. The number of hydrogen-bond acceptors (Lipinski definition) is 3. The quantitative estimate of drug-likeness (QED) is 0.753. The van der Waals surface area contributed by atoms with E-state index in [-0.39, 0.29) is 5.92 Å². The Balaban J connectivity index is 2.15. The van der Waals surface area contributed by atoms with Crippen molar-refractivity contribution in [2.24, 2.45) is 5.92 Å². The zero-order chi connectivity index (χ0) is 11.1. The number of aliphatic carboxylic acids is 1. The van der Waals surface area contributed by atoms with Crippen LogP contribution in [0.3, 0.4) is 0 Å². The Kier molecular flexibility index (Phi) is 5.18. The second kappa shape index (κ2) is 6.45. The molecule has 82 valence electrons. The van der Waals surface area contributed by atoms with Gasteiger partial charge in [0.25, 0.3) is 0 Å². The van der Waals surface area contributed by atoms with Gasteiger partial charge in [-0.3, -0.25) is 9.78 Å². The van der Waals surface area contributed by atoms with Crippen LogP contribution in [-0.2, 0) is 11.2 Å². The van der Waals surface area contributed by atoms with E-state index in [9.17, 15) is 4.79 Å². The maximum absolute atomic E-state index is 10.5. The third kappa shape index (κ3) is 4.83. The summed E-state index contributed by atoms with van der Waals surface area (Å²) in [6, 6.07) is 3.95.